The van der Waals surface area contributed by atoms with Gasteiger partial charge < -0.3 is 5.32 Å². The zero-order chi connectivity index (χ0) is 18.1. The number of sulfonamides is 1. The molecule has 1 aliphatic heterocycles. The number of nitrogens with zero attached hydrogens (tertiary/aromatic N) is 2. The number of carbonyl (C=O) groups is 1. The van der Waals surface area contributed by atoms with Crippen LogP contribution in [-0.2, 0) is 14.8 Å². The number of nitriles is 1. The molecule has 1 N–H and O–H groups in total. The highest BCUT2D eigenvalue weighted by Crippen LogP contribution is 2.32. The fourth-order valence-corrected chi connectivity index (χ4v) is 4.79. The first-order valence-electron chi connectivity index (χ1n) is 8.35. The zero-order valence-corrected chi connectivity index (χ0v) is 14.6. The molecule has 25 heavy (non-hydrogen) atoms. The van der Waals surface area contributed by atoms with Crippen molar-refractivity contribution in [2.24, 2.45) is 5.92 Å². The maximum atomic E-state index is 13.0. The fraction of sp³-hybridized carbons (Fsp3) is 0.529. The molecule has 1 amide bonds. The lowest BCUT2D eigenvalue weighted by Crippen LogP contribution is -2.56. The van der Waals surface area contributed by atoms with Crippen molar-refractivity contribution in [2.45, 2.75) is 42.5 Å². The Labute approximate surface area is 146 Å². The summed E-state index contributed by atoms with van der Waals surface area (Å²) < 4.78 is 39.7. The van der Waals surface area contributed by atoms with Crippen molar-refractivity contribution in [3.05, 3.63) is 30.1 Å². The molecular weight excluding hydrogens is 345 g/mol. The van der Waals surface area contributed by atoms with E-state index in [9.17, 15) is 22.9 Å². The molecule has 1 aliphatic carbocycles. The summed E-state index contributed by atoms with van der Waals surface area (Å²) in [5, 5.41) is 12.0. The van der Waals surface area contributed by atoms with Gasteiger partial charge in [0.25, 0.3) is 0 Å². The van der Waals surface area contributed by atoms with E-state index < -0.39 is 27.3 Å². The second kappa shape index (κ2) is 6.73. The predicted octanol–water partition coefficient (Wildman–Crippen LogP) is 1.79. The Morgan fingerprint density at radius 3 is 2.52 bits per heavy atom. The molecule has 0 bridgehead atoms. The van der Waals surface area contributed by atoms with Gasteiger partial charge in [0.15, 0.2) is 0 Å². The third kappa shape index (κ3) is 3.53. The highest BCUT2D eigenvalue weighted by atomic mass is 32.2. The first-order valence-corrected chi connectivity index (χ1v) is 9.79. The van der Waals surface area contributed by atoms with Crippen LogP contribution in [0.4, 0.5) is 4.39 Å². The van der Waals surface area contributed by atoms with Gasteiger partial charge >= 0.3 is 0 Å². The fourth-order valence-electron chi connectivity index (χ4n) is 3.26. The minimum Gasteiger partial charge on any atom is -0.338 e. The van der Waals surface area contributed by atoms with Crippen LogP contribution in [0.15, 0.2) is 29.2 Å². The van der Waals surface area contributed by atoms with E-state index in [1.54, 1.807) is 0 Å². The number of hydrogen-bond donors (Lipinski definition) is 1. The third-order valence-electron chi connectivity index (χ3n) is 4.99. The number of amides is 1. The molecule has 0 spiro atoms. The van der Waals surface area contributed by atoms with E-state index in [4.69, 9.17) is 0 Å². The number of piperidine rings is 1. The van der Waals surface area contributed by atoms with Gasteiger partial charge in [-0.25, -0.2) is 12.8 Å². The number of nitrogens with one attached hydrogen (secondary N) is 1. The van der Waals surface area contributed by atoms with E-state index in [-0.39, 0.29) is 17.3 Å². The van der Waals surface area contributed by atoms with E-state index >= 15 is 0 Å². The van der Waals surface area contributed by atoms with Crippen LogP contribution in [-0.4, -0.2) is 37.3 Å². The minimum absolute atomic E-state index is 0.0162. The maximum absolute atomic E-state index is 13.0. The molecule has 1 heterocycles. The molecule has 1 unspecified atom stereocenters. The Morgan fingerprint density at radius 1 is 1.28 bits per heavy atom. The first-order chi connectivity index (χ1) is 11.9. The van der Waals surface area contributed by atoms with Crippen molar-refractivity contribution in [2.75, 3.05) is 13.1 Å². The van der Waals surface area contributed by atoms with Crippen molar-refractivity contribution in [3.63, 3.8) is 0 Å². The Kier molecular flexibility index (Phi) is 4.80. The molecule has 1 aromatic carbocycles. The molecule has 134 valence electrons. The van der Waals surface area contributed by atoms with Gasteiger partial charge in [-0.2, -0.15) is 9.57 Å². The van der Waals surface area contributed by atoms with Gasteiger partial charge in [0.1, 0.15) is 11.4 Å². The maximum Gasteiger partial charge on any atom is 0.243 e. The lowest BCUT2D eigenvalue weighted by atomic mass is 9.77. The van der Waals surface area contributed by atoms with Crippen molar-refractivity contribution in [1.82, 2.24) is 9.62 Å². The molecule has 1 saturated heterocycles. The van der Waals surface area contributed by atoms with E-state index in [2.05, 4.69) is 11.4 Å². The van der Waals surface area contributed by atoms with Crippen LogP contribution in [0, 0.1) is 23.1 Å². The van der Waals surface area contributed by atoms with Gasteiger partial charge in [0.2, 0.25) is 15.9 Å². The van der Waals surface area contributed by atoms with Crippen LogP contribution in [0.5, 0.6) is 0 Å². The zero-order valence-electron chi connectivity index (χ0n) is 13.7. The molecule has 2 fully saturated rings. The van der Waals surface area contributed by atoms with E-state index in [0.717, 1.165) is 18.6 Å². The average Bonchev–Trinajstić information content (AvgIpc) is 2.58. The van der Waals surface area contributed by atoms with E-state index in [0.29, 0.717) is 32.2 Å². The number of benzene rings is 1. The summed E-state index contributed by atoms with van der Waals surface area (Å²) in [5.41, 5.74) is -0.783. The molecule has 2 aliphatic rings. The molecule has 3 rings (SSSR count). The highest BCUT2D eigenvalue weighted by molar-refractivity contribution is 7.89. The smallest absolute Gasteiger partial charge is 0.243 e. The summed E-state index contributed by atoms with van der Waals surface area (Å²) in [7, 11) is -3.76. The average molecular weight is 365 g/mol. The van der Waals surface area contributed by atoms with Gasteiger partial charge in [0, 0.05) is 13.1 Å². The molecule has 8 heteroatoms. The Hall–Kier alpha value is -1.98. The highest BCUT2D eigenvalue weighted by Gasteiger charge is 2.41. The topological polar surface area (TPSA) is 90.3 Å². The summed E-state index contributed by atoms with van der Waals surface area (Å²) in [6.45, 7) is 0.403. The van der Waals surface area contributed by atoms with Gasteiger partial charge in [-0.3, -0.25) is 4.79 Å². The normalized spacial score (nSPS) is 23.3. The molecule has 0 radical (unpaired) electrons. The van der Waals surface area contributed by atoms with Gasteiger partial charge in [-0.15, -0.1) is 0 Å². The number of rotatable bonds is 4. The molecule has 6 nitrogen and oxygen atoms in total. The Morgan fingerprint density at radius 2 is 1.96 bits per heavy atom. The Bertz CT molecular complexity index is 797. The number of halogens is 1. The first kappa shape index (κ1) is 17.8. The second-order valence-corrected chi connectivity index (χ2v) is 8.63. The monoisotopic (exact) mass is 365 g/mol. The van der Waals surface area contributed by atoms with Crippen LogP contribution in [0.1, 0.15) is 32.1 Å². The lowest BCUT2D eigenvalue weighted by Gasteiger charge is -2.38. The number of hydrogen-bond acceptors (Lipinski definition) is 4. The van der Waals surface area contributed by atoms with Crippen LogP contribution >= 0.6 is 0 Å². The molecule has 1 aromatic rings. The van der Waals surface area contributed by atoms with E-state index in [1.165, 1.54) is 16.4 Å². The quantitative estimate of drug-likeness (QED) is 0.881. The molecule has 1 atom stereocenters. The summed E-state index contributed by atoms with van der Waals surface area (Å²) in [6.07, 6.45) is 3.34. The van der Waals surface area contributed by atoms with E-state index in [1.807, 2.05) is 0 Å². The number of carbonyl (C=O) groups excluding carboxylic acids is 1. The van der Waals surface area contributed by atoms with Gasteiger partial charge in [0.05, 0.1) is 16.9 Å². The van der Waals surface area contributed by atoms with Crippen molar-refractivity contribution in [1.29, 1.82) is 5.26 Å². The van der Waals surface area contributed by atoms with Crippen molar-refractivity contribution in [3.8, 4) is 6.07 Å². The van der Waals surface area contributed by atoms with Crippen molar-refractivity contribution < 1.29 is 17.6 Å². The SMILES string of the molecule is N#CC1(NC(=O)C2CCCN(S(=O)(=O)c3ccc(F)cc3)C2)CCC1. The van der Waals surface area contributed by atoms with Crippen LogP contribution in [0.3, 0.4) is 0 Å². The van der Waals surface area contributed by atoms with Crippen LogP contribution < -0.4 is 5.32 Å². The van der Waals surface area contributed by atoms with Gasteiger partial charge in [-0.05, 0) is 56.4 Å². The Balaban J connectivity index is 1.71. The third-order valence-corrected chi connectivity index (χ3v) is 6.87. The molecule has 0 aromatic heterocycles. The minimum atomic E-state index is -3.76. The van der Waals surface area contributed by atoms with Crippen LogP contribution in [0.25, 0.3) is 0 Å². The predicted molar refractivity (Wildman–Crippen MR) is 88.2 cm³/mol. The standard InChI is InChI=1S/C17H20FN3O3S/c18-14-4-6-15(7-5-14)25(23,24)21-10-1-3-13(11-21)16(22)20-17(12-19)8-2-9-17/h4-7,13H,1-3,8-11H2,(H,20,22). The van der Waals surface area contributed by atoms with Crippen molar-refractivity contribution >= 4 is 15.9 Å². The summed E-state index contributed by atoms with van der Waals surface area (Å²) in [6, 6.07) is 6.83. The molecule has 1 saturated carbocycles. The van der Waals surface area contributed by atoms with Crippen LogP contribution in [0.2, 0.25) is 0 Å². The summed E-state index contributed by atoms with van der Waals surface area (Å²) in [5.74, 6) is -1.24. The summed E-state index contributed by atoms with van der Waals surface area (Å²) >= 11 is 0. The summed E-state index contributed by atoms with van der Waals surface area (Å²) in [4.78, 5) is 12.5. The molecular formula is C17H20FN3O3S. The lowest BCUT2D eigenvalue weighted by molar-refractivity contribution is -0.128. The largest absolute Gasteiger partial charge is 0.338 e. The van der Waals surface area contributed by atoms with Gasteiger partial charge in [-0.1, -0.05) is 0 Å². The second-order valence-electron chi connectivity index (χ2n) is 6.69.